The third-order valence-electron chi connectivity index (χ3n) is 2.88. The Balaban J connectivity index is 2.56. The van der Waals surface area contributed by atoms with Crippen molar-refractivity contribution in [1.82, 2.24) is 9.97 Å². The molecule has 104 valence electrons. The Bertz CT molecular complexity index is 596. The summed E-state index contributed by atoms with van der Waals surface area (Å²) in [4.78, 5) is 22.2. The van der Waals surface area contributed by atoms with Crippen molar-refractivity contribution in [1.29, 1.82) is 0 Å². The highest BCUT2D eigenvalue weighted by Gasteiger charge is 2.16. The van der Waals surface area contributed by atoms with Gasteiger partial charge in [0.25, 0.3) is 0 Å². The SMILES string of the molecule is CCC(=O)Nc1c(-c2ccccc2)ncnc1N(C)C. The van der Waals surface area contributed by atoms with Gasteiger partial charge < -0.3 is 10.2 Å². The Morgan fingerprint density at radius 1 is 1.20 bits per heavy atom. The van der Waals surface area contributed by atoms with E-state index in [1.807, 2.05) is 56.3 Å². The number of rotatable bonds is 4. The molecule has 0 unspecified atom stereocenters. The number of carbonyl (C=O) groups is 1. The van der Waals surface area contributed by atoms with E-state index in [4.69, 9.17) is 0 Å². The summed E-state index contributed by atoms with van der Waals surface area (Å²) in [5, 5.41) is 2.90. The molecule has 0 saturated carbocycles. The zero-order valence-electron chi connectivity index (χ0n) is 11.9. The van der Waals surface area contributed by atoms with Gasteiger partial charge in [0.2, 0.25) is 5.91 Å². The average molecular weight is 270 g/mol. The largest absolute Gasteiger partial charge is 0.361 e. The Labute approximate surface area is 118 Å². The van der Waals surface area contributed by atoms with Crippen LogP contribution in [0.2, 0.25) is 0 Å². The molecule has 1 heterocycles. The summed E-state index contributed by atoms with van der Waals surface area (Å²) in [6.07, 6.45) is 1.93. The number of amides is 1. The third kappa shape index (κ3) is 2.93. The number of carbonyl (C=O) groups excluding carboxylic acids is 1. The maximum atomic E-state index is 11.8. The van der Waals surface area contributed by atoms with Gasteiger partial charge in [-0.25, -0.2) is 9.97 Å². The van der Waals surface area contributed by atoms with Crippen molar-refractivity contribution in [2.24, 2.45) is 0 Å². The van der Waals surface area contributed by atoms with Gasteiger partial charge in [0, 0.05) is 26.1 Å². The van der Waals surface area contributed by atoms with E-state index in [-0.39, 0.29) is 5.91 Å². The van der Waals surface area contributed by atoms with Crippen LogP contribution in [0, 0.1) is 0 Å². The van der Waals surface area contributed by atoms with Gasteiger partial charge in [0.1, 0.15) is 12.0 Å². The average Bonchev–Trinajstić information content (AvgIpc) is 2.48. The van der Waals surface area contributed by atoms with E-state index < -0.39 is 0 Å². The summed E-state index contributed by atoms with van der Waals surface area (Å²) in [5.41, 5.74) is 2.33. The highest BCUT2D eigenvalue weighted by Crippen LogP contribution is 2.32. The first-order chi connectivity index (χ1) is 9.63. The molecule has 0 aliphatic carbocycles. The predicted octanol–water partition coefficient (Wildman–Crippen LogP) is 2.56. The van der Waals surface area contributed by atoms with Gasteiger partial charge in [-0.05, 0) is 0 Å². The first kappa shape index (κ1) is 14.0. The lowest BCUT2D eigenvalue weighted by Crippen LogP contribution is -2.18. The molecule has 20 heavy (non-hydrogen) atoms. The van der Waals surface area contributed by atoms with Crippen molar-refractivity contribution in [2.45, 2.75) is 13.3 Å². The Hall–Kier alpha value is -2.43. The van der Waals surface area contributed by atoms with Crippen LogP contribution in [-0.2, 0) is 4.79 Å². The number of aromatic nitrogens is 2. The van der Waals surface area contributed by atoms with Gasteiger partial charge in [-0.15, -0.1) is 0 Å². The number of anilines is 2. The molecular weight excluding hydrogens is 252 g/mol. The molecule has 1 N–H and O–H groups in total. The molecule has 2 rings (SSSR count). The quantitative estimate of drug-likeness (QED) is 0.927. The van der Waals surface area contributed by atoms with Crippen LogP contribution in [0.4, 0.5) is 11.5 Å². The fourth-order valence-electron chi connectivity index (χ4n) is 1.87. The molecule has 1 aromatic carbocycles. The summed E-state index contributed by atoms with van der Waals surface area (Å²) < 4.78 is 0. The van der Waals surface area contributed by atoms with Gasteiger partial charge in [-0.1, -0.05) is 37.3 Å². The van der Waals surface area contributed by atoms with Crippen LogP contribution >= 0.6 is 0 Å². The van der Waals surface area contributed by atoms with Crippen LogP contribution in [0.1, 0.15) is 13.3 Å². The van der Waals surface area contributed by atoms with Crippen molar-refractivity contribution in [2.75, 3.05) is 24.3 Å². The lowest BCUT2D eigenvalue weighted by atomic mass is 10.1. The van der Waals surface area contributed by atoms with Crippen LogP contribution < -0.4 is 10.2 Å². The van der Waals surface area contributed by atoms with E-state index >= 15 is 0 Å². The highest BCUT2D eigenvalue weighted by molar-refractivity contribution is 5.98. The van der Waals surface area contributed by atoms with Gasteiger partial charge in [-0.3, -0.25) is 4.79 Å². The Morgan fingerprint density at radius 3 is 2.50 bits per heavy atom. The second kappa shape index (κ2) is 6.14. The van der Waals surface area contributed by atoms with Crippen LogP contribution in [0.25, 0.3) is 11.3 Å². The maximum Gasteiger partial charge on any atom is 0.224 e. The van der Waals surface area contributed by atoms with Crippen molar-refractivity contribution in [3.05, 3.63) is 36.7 Å². The molecule has 0 aliphatic rings. The first-order valence-electron chi connectivity index (χ1n) is 6.51. The minimum absolute atomic E-state index is 0.0555. The van der Waals surface area contributed by atoms with E-state index in [2.05, 4.69) is 15.3 Å². The summed E-state index contributed by atoms with van der Waals surface area (Å²) in [6.45, 7) is 1.82. The monoisotopic (exact) mass is 270 g/mol. The number of nitrogens with zero attached hydrogens (tertiary/aromatic N) is 3. The van der Waals surface area contributed by atoms with Gasteiger partial charge in [0.15, 0.2) is 5.82 Å². The fourth-order valence-corrected chi connectivity index (χ4v) is 1.87. The molecule has 0 bridgehead atoms. The second-order valence-corrected chi connectivity index (χ2v) is 4.58. The molecule has 0 fully saturated rings. The van der Waals surface area contributed by atoms with Crippen LogP contribution in [-0.4, -0.2) is 30.0 Å². The van der Waals surface area contributed by atoms with Crippen molar-refractivity contribution >= 4 is 17.4 Å². The van der Waals surface area contributed by atoms with E-state index in [0.29, 0.717) is 17.9 Å². The lowest BCUT2D eigenvalue weighted by molar-refractivity contribution is -0.115. The first-order valence-corrected chi connectivity index (χ1v) is 6.51. The molecule has 2 aromatic rings. The normalized spacial score (nSPS) is 10.2. The zero-order chi connectivity index (χ0) is 14.5. The predicted molar refractivity (Wildman–Crippen MR) is 80.7 cm³/mol. The molecular formula is C15H18N4O. The van der Waals surface area contributed by atoms with E-state index in [0.717, 1.165) is 11.3 Å². The summed E-state index contributed by atoms with van der Waals surface area (Å²) in [7, 11) is 3.78. The fraction of sp³-hybridized carbons (Fsp3) is 0.267. The van der Waals surface area contributed by atoms with Gasteiger partial charge >= 0.3 is 0 Å². The lowest BCUT2D eigenvalue weighted by Gasteiger charge is -2.18. The molecule has 5 nitrogen and oxygen atoms in total. The molecule has 0 atom stereocenters. The minimum atomic E-state index is -0.0555. The van der Waals surface area contributed by atoms with E-state index in [1.165, 1.54) is 6.33 Å². The summed E-state index contributed by atoms with van der Waals surface area (Å²) >= 11 is 0. The maximum absolute atomic E-state index is 11.8. The molecule has 0 saturated heterocycles. The zero-order valence-corrected chi connectivity index (χ0v) is 11.9. The van der Waals surface area contributed by atoms with Crippen molar-refractivity contribution in [3.63, 3.8) is 0 Å². The molecule has 5 heteroatoms. The molecule has 1 amide bonds. The number of hydrogen-bond donors (Lipinski definition) is 1. The molecule has 1 aromatic heterocycles. The topological polar surface area (TPSA) is 58.1 Å². The highest BCUT2D eigenvalue weighted by atomic mass is 16.1. The smallest absolute Gasteiger partial charge is 0.224 e. The van der Waals surface area contributed by atoms with Gasteiger partial charge in [0.05, 0.1) is 5.69 Å². The number of benzene rings is 1. The molecule has 0 spiro atoms. The van der Waals surface area contributed by atoms with E-state index in [1.54, 1.807) is 0 Å². The summed E-state index contributed by atoms with van der Waals surface area (Å²) in [6, 6.07) is 9.75. The Kier molecular flexibility index (Phi) is 4.30. The van der Waals surface area contributed by atoms with Crippen molar-refractivity contribution in [3.8, 4) is 11.3 Å². The van der Waals surface area contributed by atoms with Crippen molar-refractivity contribution < 1.29 is 4.79 Å². The number of nitrogens with one attached hydrogen (secondary N) is 1. The van der Waals surface area contributed by atoms with Gasteiger partial charge in [-0.2, -0.15) is 0 Å². The standard InChI is InChI=1S/C15H18N4O/c1-4-12(20)18-14-13(11-8-6-5-7-9-11)16-10-17-15(14)19(2)3/h5-10H,4H2,1-3H3,(H,18,20). The van der Waals surface area contributed by atoms with Crippen LogP contribution in [0.3, 0.4) is 0 Å². The molecule has 0 radical (unpaired) electrons. The van der Waals surface area contributed by atoms with E-state index in [9.17, 15) is 4.79 Å². The summed E-state index contributed by atoms with van der Waals surface area (Å²) in [5.74, 6) is 0.640. The number of hydrogen-bond acceptors (Lipinski definition) is 4. The second-order valence-electron chi connectivity index (χ2n) is 4.58. The van der Waals surface area contributed by atoms with Crippen LogP contribution in [0.15, 0.2) is 36.7 Å². The third-order valence-corrected chi connectivity index (χ3v) is 2.88. The molecule has 0 aliphatic heterocycles. The Morgan fingerprint density at radius 2 is 1.90 bits per heavy atom. The minimum Gasteiger partial charge on any atom is -0.361 e. The van der Waals surface area contributed by atoms with Crippen LogP contribution in [0.5, 0.6) is 0 Å².